The number of amides is 1. The third-order valence-corrected chi connectivity index (χ3v) is 7.48. The number of carbonyl (C=O) groups excluding carboxylic acids is 1. The molecule has 1 saturated carbocycles. The second-order valence-corrected chi connectivity index (χ2v) is 10.3. The first kappa shape index (κ1) is 21.4. The Morgan fingerprint density at radius 2 is 1.69 bits per heavy atom. The maximum atomic E-state index is 12.5. The van der Waals surface area contributed by atoms with Crippen molar-refractivity contribution in [3.8, 4) is 17.0 Å². The van der Waals surface area contributed by atoms with E-state index in [2.05, 4.69) is 22.9 Å². The Kier molecular flexibility index (Phi) is 6.18. The highest BCUT2D eigenvalue weighted by atomic mass is 16.5. The van der Waals surface area contributed by atoms with E-state index in [0.717, 1.165) is 49.2 Å². The van der Waals surface area contributed by atoms with E-state index in [4.69, 9.17) is 4.74 Å². The summed E-state index contributed by atoms with van der Waals surface area (Å²) in [6.45, 7) is 8.61. The summed E-state index contributed by atoms with van der Waals surface area (Å²) in [4.78, 5) is 21.6. The number of nitrogens with zero attached hydrogens (tertiary/aromatic N) is 3. The van der Waals surface area contributed by atoms with Crippen LogP contribution in [0.2, 0.25) is 0 Å². The number of ether oxygens (including phenoxy) is 1. The number of hydrogen-bond acceptors (Lipinski definition) is 4. The summed E-state index contributed by atoms with van der Waals surface area (Å²) in [6, 6.07) is 11.9. The lowest BCUT2D eigenvalue weighted by Crippen LogP contribution is -2.38. The van der Waals surface area contributed by atoms with Gasteiger partial charge in [0.1, 0.15) is 0 Å². The highest BCUT2D eigenvalue weighted by molar-refractivity contribution is 5.94. The maximum absolute atomic E-state index is 12.5. The lowest BCUT2D eigenvalue weighted by atomic mass is 9.96. The van der Waals surface area contributed by atoms with Crippen molar-refractivity contribution in [2.24, 2.45) is 11.3 Å². The molecule has 2 aliphatic heterocycles. The Balaban J connectivity index is 1.10. The standard InChI is InChI=1S/C27H35N3O2/c1-27(12-13-27)20-29-16-10-21(11-17-29)19-32-25-9-8-24(18-28-25)22-4-6-23(7-5-22)26(31)30-14-2-3-15-30/h4-9,18,21H,2-3,10-17,19-20H2,1H3. The van der Waals surface area contributed by atoms with Crippen LogP contribution in [0, 0.1) is 11.3 Å². The Labute approximate surface area is 191 Å². The molecule has 1 amide bonds. The zero-order chi connectivity index (χ0) is 22.0. The van der Waals surface area contributed by atoms with E-state index < -0.39 is 0 Å². The third-order valence-electron chi connectivity index (χ3n) is 7.48. The van der Waals surface area contributed by atoms with E-state index in [1.54, 1.807) is 0 Å². The smallest absolute Gasteiger partial charge is 0.253 e. The van der Waals surface area contributed by atoms with Gasteiger partial charge in [0.25, 0.3) is 5.91 Å². The van der Waals surface area contributed by atoms with Crippen LogP contribution >= 0.6 is 0 Å². The van der Waals surface area contributed by atoms with Crippen molar-refractivity contribution in [1.82, 2.24) is 14.8 Å². The predicted molar refractivity (Wildman–Crippen MR) is 127 cm³/mol. The topological polar surface area (TPSA) is 45.7 Å². The van der Waals surface area contributed by atoms with Crippen LogP contribution in [0.15, 0.2) is 42.6 Å². The first-order valence-corrected chi connectivity index (χ1v) is 12.3. The molecule has 0 N–H and O–H groups in total. The molecular weight excluding hydrogens is 398 g/mol. The summed E-state index contributed by atoms with van der Waals surface area (Å²) in [6.07, 6.45) is 9.33. The molecule has 2 aromatic rings. The molecule has 5 rings (SSSR count). The summed E-state index contributed by atoms with van der Waals surface area (Å²) >= 11 is 0. The molecule has 0 unspecified atom stereocenters. The average Bonchev–Trinajstić information content (AvgIpc) is 3.31. The SMILES string of the molecule is CC1(CN2CCC(COc3ccc(-c4ccc(C(=O)N5CCCC5)cc4)cn3)CC2)CC1. The molecule has 32 heavy (non-hydrogen) atoms. The van der Waals surface area contributed by atoms with Crippen LogP contribution in [0.3, 0.4) is 0 Å². The Morgan fingerprint density at radius 3 is 2.31 bits per heavy atom. The number of rotatable bonds is 7. The summed E-state index contributed by atoms with van der Waals surface area (Å²) < 4.78 is 6.01. The molecule has 5 heteroatoms. The number of benzene rings is 1. The van der Waals surface area contributed by atoms with Gasteiger partial charge in [-0.3, -0.25) is 4.79 Å². The highest BCUT2D eigenvalue weighted by Gasteiger charge is 2.39. The third kappa shape index (κ3) is 5.15. The monoisotopic (exact) mass is 433 g/mol. The Hall–Kier alpha value is -2.40. The fraction of sp³-hybridized carbons (Fsp3) is 0.556. The molecule has 3 aliphatic rings. The van der Waals surface area contributed by atoms with Gasteiger partial charge in [-0.05, 0) is 86.7 Å². The van der Waals surface area contributed by atoms with Crippen molar-refractivity contribution in [3.05, 3.63) is 48.2 Å². The van der Waals surface area contributed by atoms with E-state index in [0.29, 0.717) is 17.2 Å². The number of aromatic nitrogens is 1. The van der Waals surface area contributed by atoms with E-state index in [-0.39, 0.29) is 5.91 Å². The van der Waals surface area contributed by atoms with Crippen LogP contribution in [0.1, 0.15) is 55.8 Å². The zero-order valence-electron chi connectivity index (χ0n) is 19.3. The van der Waals surface area contributed by atoms with Crippen LogP contribution in [-0.2, 0) is 0 Å². The average molecular weight is 434 g/mol. The Morgan fingerprint density at radius 1 is 1.00 bits per heavy atom. The van der Waals surface area contributed by atoms with Crippen LogP contribution in [-0.4, -0.2) is 60.0 Å². The van der Waals surface area contributed by atoms with Gasteiger partial charge in [-0.15, -0.1) is 0 Å². The number of piperidine rings is 1. The van der Waals surface area contributed by atoms with Gasteiger partial charge in [0, 0.05) is 43.0 Å². The van der Waals surface area contributed by atoms with E-state index >= 15 is 0 Å². The number of pyridine rings is 1. The van der Waals surface area contributed by atoms with Gasteiger partial charge in [-0.1, -0.05) is 19.1 Å². The van der Waals surface area contributed by atoms with Crippen molar-refractivity contribution in [3.63, 3.8) is 0 Å². The van der Waals surface area contributed by atoms with Gasteiger partial charge in [0.05, 0.1) is 6.61 Å². The molecule has 3 fully saturated rings. The molecule has 3 heterocycles. The molecule has 1 aromatic heterocycles. The van der Waals surface area contributed by atoms with Crippen LogP contribution in [0.4, 0.5) is 0 Å². The molecule has 1 aromatic carbocycles. The van der Waals surface area contributed by atoms with Crippen LogP contribution < -0.4 is 4.74 Å². The second-order valence-electron chi connectivity index (χ2n) is 10.3. The van der Waals surface area contributed by atoms with Crippen molar-refractivity contribution in [2.75, 3.05) is 39.3 Å². The second kappa shape index (κ2) is 9.22. The fourth-order valence-electron chi connectivity index (χ4n) is 4.97. The summed E-state index contributed by atoms with van der Waals surface area (Å²) in [5, 5.41) is 0. The first-order chi connectivity index (χ1) is 15.6. The summed E-state index contributed by atoms with van der Waals surface area (Å²) in [5.41, 5.74) is 3.48. The molecule has 170 valence electrons. The molecule has 1 aliphatic carbocycles. The van der Waals surface area contributed by atoms with Crippen molar-refractivity contribution in [2.45, 2.75) is 45.4 Å². The predicted octanol–water partition coefficient (Wildman–Crippen LogP) is 4.88. The minimum Gasteiger partial charge on any atom is -0.477 e. The lowest BCUT2D eigenvalue weighted by molar-refractivity contribution is 0.0793. The van der Waals surface area contributed by atoms with Gasteiger partial charge in [-0.25, -0.2) is 4.98 Å². The van der Waals surface area contributed by atoms with Gasteiger partial charge in [0.15, 0.2) is 0 Å². The summed E-state index contributed by atoms with van der Waals surface area (Å²) in [7, 11) is 0. The van der Waals surface area contributed by atoms with E-state index in [1.165, 1.54) is 45.3 Å². The van der Waals surface area contributed by atoms with Crippen LogP contribution in [0.5, 0.6) is 5.88 Å². The minimum absolute atomic E-state index is 0.142. The lowest BCUT2D eigenvalue weighted by Gasteiger charge is -2.33. The van der Waals surface area contributed by atoms with Crippen molar-refractivity contribution >= 4 is 5.91 Å². The number of hydrogen-bond donors (Lipinski definition) is 0. The molecular formula is C27H35N3O2. The normalized spacial score (nSPS) is 21.0. The molecule has 0 atom stereocenters. The quantitative estimate of drug-likeness (QED) is 0.625. The Bertz CT molecular complexity index is 907. The van der Waals surface area contributed by atoms with Gasteiger partial charge in [0.2, 0.25) is 5.88 Å². The fourth-order valence-corrected chi connectivity index (χ4v) is 4.97. The molecule has 0 bridgehead atoms. The molecule has 0 radical (unpaired) electrons. The molecule has 2 saturated heterocycles. The van der Waals surface area contributed by atoms with Crippen molar-refractivity contribution < 1.29 is 9.53 Å². The molecule has 5 nitrogen and oxygen atoms in total. The first-order valence-electron chi connectivity index (χ1n) is 12.3. The van der Waals surface area contributed by atoms with Crippen molar-refractivity contribution in [1.29, 1.82) is 0 Å². The van der Waals surface area contributed by atoms with E-state index in [9.17, 15) is 4.79 Å². The largest absolute Gasteiger partial charge is 0.477 e. The van der Waals surface area contributed by atoms with E-state index in [1.807, 2.05) is 41.4 Å². The summed E-state index contributed by atoms with van der Waals surface area (Å²) in [5.74, 6) is 1.46. The minimum atomic E-state index is 0.142. The number of likely N-dealkylation sites (tertiary alicyclic amines) is 2. The maximum Gasteiger partial charge on any atom is 0.253 e. The highest BCUT2D eigenvalue weighted by Crippen LogP contribution is 2.45. The van der Waals surface area contributed by atoms with Gasteiger partial charge >= 0.3 is 0 Å². The van der Waals surface area contributed by atoms with Gasteiger partial charge in [-0.2, -0.15) is 0 Å². The van der Waals surface area contributed by atoms with Crippen LogP contribution in [0.25, 0.3) is 11.1 Å². The zero-order valence-corrected chi connectivity index (χ0v) is 19.3. The van der Waals surface area contributed by atoms with Gasteiger partial charge < -0.3 is 14.5 Å². The molecule has 0 spiro atoms. The number of carbonyl (C=O) groups is 1.